The summed E-state index contributed by atoms with van der Waals surface area (Å²) < 4.78 is 0. The summed E-state index contributed by atoms with van der Waals surface area (Å²) in [7, 11) is 0. The number of fused-ring (bicyclic) bond motifs is 1. The normalized spacial score (nSPS) is 10.5. The van der Waals surface area contributed by atoms with E-state index in [0.717, 1.165) is 22.1 Å². The molecule has 0 aliphatic heterocycles. The maximum atomic E-state index is 10.2. The van der Waals surface area contributed by atoms with Crippen LogP contribution in [0.5, 0.6) is 5.75 Å². The number of anilines is 2. The van der Waals surface area contributed by atoms with Gasteiger partial charge < -0.3 is 10.4 Å². The predicted molar refractivity (Wildman–Crippen MR) is 91.8 cm³/mol. The minimum absolute atomic E-state index is 0.110. The molecular weight excluding hydrogens is 280 g/mol. The third kappa shape index (κ3) is 2.58. The molecule has 0 unspecified atom stereocenters. The van der Waals surface area contributed by atoms with Gasteiger partial charge in [-0.15, -0.1) is 12.6 Å². The van der Waals surface area contributed by atoms with Crippen LogP contribution in [0, 0.1) is 0 Å². The zero-order valence-electron chi connectivity index (χ0n) is 11.2. The highest BCUT2D eigenvalue weighted by molar-refractivity contribution is 7.80. The molecule has 0 saturated carbocycles. The van der Waals surface area contributed by atoms with E-state index >= 15 is 0 Å². The number of nitrogens with one attached hydrogen (secondary N) is 1. The van der Waals surface area contributed by atoms with Crippen LogP contribution in [0.4, 0.5) is 17.1 Å². The fraction of sp³-hybridized carbons (Fsp3) is 0. The van der Waals surface area contributed by atoms with E-state index in [-0.39, 0.29) is 5.75 Å². The highest BCUT2D eigenvalue weighted by Gasteiger charge is 2.10. The highest BCUT2D eigenvalue weighted by Crippen LogP contribution is 2.40. The Kier molecular flexibility index (Phi) is 3.54. The summed E-state index contributed by atoms with van der Waals surface area (Å²) in [4.78, 5) is 4.42. The first-order valence-electron chi connectivity index (χ1n) is 6.46. The lowest BCUT2D eigenvalue weighted by Gasteiger charge is -2.10. The monoisotopic (exact) mass is 294 g/mol. The molecule has 3 nitrogen and oxygen atoms in total. The van der Waals surface area contributed by atoms with Crippen LogP contribution in [-0.2, 0) is 0 Å². The second-order valence-corrected chi connectivity index (χ2v) is 5.16. The number of phenols is 1. The third-order valence-electron chi connectivity index (χ3n) is 3.29. The number of para-hydroxylation sites is 1. The molecule has 0 saturated heterocycles. The first-order valence-corrected chi connectivity index (χ1v) is 6.91. The molecule has 21 heavy (non-hydrogen) atoms. The Balaban J connectivity index is 2.07. The van der Waals surface area contributed by atoms with E-state index in [1.165, 1.54) is 0 Å². The van der Waals surface area contributed by atoms with E-state index in [9.17, 15) is 5.11 Å². The Morgan fingerprint density at radius 3 is 2.48 bits per heavy atom. The second kappa shape index (κ2) is 5.50. The van der Waals surface area contributed by atoms with Gasteiger partial charge in [0.1, 0.15) is 11.4 Å². The number of hydrogen-bond donors (Lipinski definition) is 3. The van der Waals surface area contributed by atoms with Crippen molar-refractivity contribution in [3.05, 3.63) is 54.6 Å². The Hall–Kier alpha value is -2.46. The van der Waals surface area contributed by atoms with Crippen LogP contribution in [-0.4, -0.2) is 11.8 Å². The molecule has 0 aromatic heterocycles. The molecule has 0 amide bonds. The molecule has 3 aromatic rings. The minimum atomic E-state index is 0.110. The first kappa shape index (κ1) is 13.5. The molecule has 0 fully saturated rings. The summed E-state index contributed by atoms with van der Waals surface area (Å²) in [5.41, 5.74) is 2.37. The van der Waals surface area contributed by atoms with Gasteiger partial charge >= 0.3 is 0 Å². The van der Waals surface area contributed by atoms with Crippen molar-refractivity contribution in [2.75, 3.05) is 5.32 Å². The maximum Gasteiger partial charge on any atom is 0.150 e. The van der Waals surface area contributed by atoms with Crippen molar-refractivity contribution in [3.63, 3.8) is 0 Å². The predicted octanol–water partition coefficient (Wildman–Crippen LogP) is 4.91. The Labute approximate surface area is 128 Å². The van der Waals surface area contributed by atoms with Crippen LogP contribution in [0.3, 0.4) is 0 Å². The summed E-state index contributed by atoms with van der Waals surface area (Å²) in [5.74, 6) is 0.110. The first-order chi connectivity index (χ1) is 10.2. The number of thiol groups is 1. The SMILES string of the molecule is C=Nc1c(S)cc2cc(Nc3ccccc3)ccc2c1O. The summed E-state index contributed by atoms with van der Waals surface area (Å²) >= 11 is 4.34. The van der Waals surface area contributed by atoms with Crippen LogP contribution in [0.1, 0.15) is 0 Å². The van der Waals surface area contributed by atoms with Gasteiger partial charge in [0.15, 0.2) is 0 Å². The molecule has 0 spiro atoms. The number of hydrogen-bond acceptors (Lipinski definition) is 4. The Morgan fingerprint density at radius 1 is 1.00 bits per heavy atom. The number of aromatic hydroxyl groups is 1. The van der Waals surface area contributed by atoms with Crippen molar-refractivity contribution >= 4 is 47.2 Å². The highest BCUT2D eigenvalue weighted by atomic mass is 32.1. The summed E-state index contributed by atoms with van der Waals surface area (Å²) in [6.07, 6.45) is 0. The summed E-state index contributed by atoms with van der Waals surface area (Å²) in [5, 5.41) is 15.2. The van der Waals surface area contributed by atoms with Crippen molar-refractivity contribution in [1.82, 2.24) is 0 Å². The van der Waals surface area contributed by atoms with Crippen molar-refractivity contribution in [3.8, 4) is 5.75 Å². The van der Waals surface area contributed by atoms with Crippen molar-refractivity contribution in [2.24, 2.45) is 4.99 Å². The van der Waals surface area contributed by atoms with Crippen LogP contribution in [0.25, 0.3) is 10.8 Å². The number of phenolic OH excluding ortho intramolecular Hbond substituents is 1. The molecule has 2 N–H and O–H groups in total. The Bertz CT molecular complexity index is 816. The molecule has 0 heterocycles. The molecule has 0 aliphatic rings. The van der Waals surface area contributed by atoms with Crippen molar-refractivity contribution in [2.45, 2.75) is 4.90 Å². The van der Waals surface area contributed by atoms with E-state index in [0.29, 0.717) is 10.6 Å². The summed E-state index contributed by atoms with van der Waals surface area (Å²) in [6.45, 7) is 3.46. The molecule has 0 radical (unpaired) electrons. The van der Waals surface area contributed by atoms with Crippen molar-refractivity contribution in [1.29, 1.82) is 0 Å². The largest absolute Gasteiger partial charge is 0.505 e. The van der Waals surface area contributed by atoms with Gasteiger partial charge in [-0.3, -0.25) is 4.99 Å². The smallest absolute Gasteiger partial charge is 0.150 e. The van der Waals surface area contributed by atoms with E-state index in [1.54, 1.807) is 0 Å². The molecule has 0 aliphatic carbocycles. The lowest BCUT2D eigenvalue weighted by atomic mass is 10.1. The molecule has 3 rings (SSSR count). The fourth-order valence-electron chi connectivity index (χ4n) is 2.28. The number of nitrogens with zero attached hydrogens (tertiary/aromatic N) is 1. The van der Waals surface area contributed by atoms with Gasteiger partial charge in [-0.25, -0.2) is 0 Å². The third-order valence-corrected chi connectivity index (χ3v) is 3.63. The molecular formula is C17H14N2OS. The molecule has 0 bridgehead atoms. The fourth-order valence-corrected chi connectivity index (χ4v) is 2.60. The maximum absolute atomic E-state index is 10.2. The number of benzene rings is 3. The van der Waals surface area contributed by atoms with Crippen LogP contribution in [0.15, 0.2) is 64.5 Å². The van der Waals surface area contributed by atoms with Gasteiger partial charge in [-0.1, -0.05) is 18.2 Å². The standard InChI is InChI=1S/C17H14N2OS/c1-18-16-15(21)10-11-9-13(7-8-14(11)17(16)20)19-12-5-3-2-4-6-12/h2-10,19-21H,1H2. The number of aliphatic imine (C=N–C) groups is 1. The lowest BCUT2D eigenvalue weighted by molar-refractivity contribution is 0.482. The van der Waals surface area contributed by atoms with Crippen molar-refractivity contribution < 1.29 is 5.11 Å². The van der Waals surface area contributed by atoms with Gasteiger partial charge in [0.25, 0.3) is 0 Å². The summed E-state index contributed by atoms with van der Waals surface area (Å²) in [6, 6.07) is 17.5. The van der Waals surface area contributed by atoms with E-state index in [2.05, 4.69) is 29.7 Å². The quantitative estimate of drug-likeness (QED) is 0.474. The Morgan fingerprint density at radius 2 is 1.76 bits per heavy atom. The molecule has 4 heteroatoms. The van der Waals surface area contributed by atoms with E-state index in [4.69, 9.17) is 0 Å². The van der Waals surface area contributed by atoms with Gasteiger partial charge in [0.2, 0.25) is 0 Å². The van der Waals surface area contributed by atoms with Crippen LogP contribution < -0.4 is 5.32 Å². The van der Waals surface area contributed by atoms with Gasteiger partial charge in [0, 0.05) is 21.7 Å². The zero-order valence-corrected chi connectivity index (χ0v) is 12.1. The lowest BCUT2D eigenvalue weighted by Crippen LogP contribution is -1.89. The minimum Gasteiger partial charge on any atom is -0.505 e. The van der Waals surface area contributed by atoms with E-state index < -0.39 is 0 Å². The van der Waals surface area contributed by atoms with Gasteiger partial charge in [-0.05, 0) is 48.5 Å². The average Bonchev–Trinajstić information content (AvgIpc) is 2.48. The second-order valence-electron chi connectivity index (χ2n) is 4.68. The molecule has 0 atom stereocenters. The van der Waals surface area contributed by atoms with Gasteiger partial charge in [-0.2, -0.15) is 0 Å². The van der Waals surface area contributed by atoms with Crippen LogP contribution in [0.2, 0.25) is 0 Å². The van der Waals surface area contributed by atoms with E-state index in [1.807, 2.05) is 54.6 Å². The number of rotatable bonds is 3. The molecule has 3 aromatic carbocycles. The zero-order chi connectivity index (χ0) is 14.8. The van der Waals surface area contributed by atoms with Crippen LogP contribution >= 0.6 is 12.6 Å². The topological polar surface area (TPSA) is 44.6 Å². The van der Waals surface area contributed by atoms with Gasteiger partial charge in [0.05, 0.1) is 0 Å². The molecule has 104 valence electrons. The average molecular weight is 294 g/mol.